The lowest BCUT2D eigenvalue weighted by Crippen LogP contribution is -2.49. The Hall–Kier alpha value is -1.10. The molecule has 2 rings (SSSR count). The zero-order valence-electron chi connectivity index (χ0n) is 12.0. The van der Waals surface area contributed by atoms with Gasteiger partial charge in [0.25, 0.3) is 0 Å². The van der Waals surface area contributed by atoms with Gasteiger partial charge in [0, 0.05) is 36.8 Å². The number of halogens is 4. The number of anilines is 1. The first-order valence-corrected chi connectivity index (χ1v) is 7.45. The topological polar surface area (TPSA) is 30.3 Å². The van der Waals surface area contributed by atoms with Crippen LogP contribution in [0.1, 0.15) is 6.92 Å². The first kappa shape index (κ1) is 18.9. The Bertz CT molecular complexity index is 525. The average molecular weight is 352 g/mol. The number of rotatable bonds is 3. The Labute approximate surface area is 138 Å². The molecular weight excluding hydrogens is 335 g/mol. The van der Waals surface area contributed by atoms with Crippen LogP contribution < -0.4 is 4.90 Å². The summed E-state index contributed by atoms with van der Waals surface area (Å²) in [4.78, 5) is 4.33. The molecule has 1 heterocycles. The van der Waals surface area contributed by atoms with Gasteiger partial charge in [0.1, 0.15) is 0 Å². The fraction of sp³-hybridized carbons (Fsp3) is 0.500. The van der Waals surface area contributed by atoms with Gasteiger partial charge in [-0.05, 0) is 36.9 Å². The number of hydrogen-bond acceptors (Lipinski definition) is 4. The maximum absolute atomic E-state index is 12.4. The second-order valence-electron chi connectivity index (χ2n) is 4.87. The maximum atomic E-state index is 12.4. The van der Waals surface area contributed by atoms with Gasteiger partial charge in [0.15, 0.2) is 0 Å². The van der Waals surface area contributed by atoms with E-state index in [9.17, 15) is 13.2 Å². The molecule has 0 saturated carbocycles. The molecule has 0 N–H and O–H groups in total. The summed E-state index contributed by atoms with van der Waals surface area (Å²) in [6, 6.07) is 8.59. The van der Waals surface area contributed by atoms with Gasteiger partial charge in [-0.1, -0.05) is 6.07 Å². The second-order valence-corrected chi connectivity index (χ2v) is 6.01. The van der Waals surface area contributed by atoms with Crippen LogP contribution in [-0.2, 0) is 0 Å². The summed E-state index contributed by atoms with van der Waals surface area (Å²) in [5, 5.41) is 8.90. The molecule has 1 aliphatic heterocycles. The van der Waals surface area contributed by atoms with Crippen LogP contribution in [0.5, 0.6) is 0 Å². The third-order valence-corrected chi connectivity index (χ3v) is 4.19. The molecule has 22 heavy (non-hydrogen) atoms. The third-order valence-electron chi connectivity index (χ3n) is 3.47. The molecule has 1 aromatic carbocycles. The van der Waals surface area contributed by atoms with Gasteiger partial charge < -0.3 is 4.90 Å². The Morgan fingerprint density at radius 2 is 1.86 bits per heavy atom. The normalized spacial score (nSPS) is 17.5. The summed E-state index contributed by atoms with van der Waals surface area (Å²) in [7, 11) is 0. The third kappa shape index (κ3) is 5.27. The van der Waals surface area contributed by atoms with E-state index < -0.39 is 5.51 Å². The first-order valence-electron chi connectivity index (χ1n) is 6.63. The van der Waals surface area contributed by atoms with Crippen molar-refractivity contribution in [1.29, 1.82) is 5.26 Å². The highest BCUT2D eigenvalue weighted by atomic mass is 35.5. The zero-order valence-corrected chi connectivity index (χ0v) is 13.6. The van der Waals surface area contributed by atoms with Gasteiger partial charge >= 0.3 is 5.51 Å². The fourth-order valence-corrected chi connectivity index (χ4v) is 2.92. The van der Waals surface area contributed by atoms with Crippen molar-refractivity contribution >= 4 is 29.9 Å². The van der Waals surface area contributed by atoms with Crippen molar-refractivity contribution in [1.82, 2.24) is 4.90 Å². The standard InChI is InChI=1S/C14H16F3N3S.ClH/c1-11(10-18)19-5-7-20(8-6-19)12-3-2-4-13(9-12)21-14(15,16)17;/h2-4,9,11H,5-8H2,1H3;1H. The van der Waals surface area contributed by atoms with Gasteiger partial charge in [0.05, 0.1) is 12.1 Å². The van der Waals surface area contributed by atoms with Crippen molar-refractivity contribution in [2.24, 2.45) is 0 Å². The Morgan fingerprint density at radius 1 is 1.23 bits per heavy atom. The summed E-state index contributed by atoms with van der Waals surface area (Å²) >= 11 is -0.0922. The molecule has 0 amide bonds. The molecule has 3 nitrogen and oxygen atoms in total. The van der Waals surface area contributed by atoms with E-state index in [1.807, 2.05) is 13.0 Å². The van der Waals surface area contributed by atoms with E-state index in [0.717, 1.165) is 18.8 Å². The number of hydrogen-bond donors (Lipinski definition) is 0. The number of piperazine rings is 1. The van der Waals surface area contributed by atoms with Crippen LogP contribution in [0, 0.1) is 11.3 Å². The monoisotopic (exact) mass is 351 g/mol. The quantitative estimate of drug-likeness (QED) is 0.776. The van der Waals surface area contributed by atoms with Gasteiger partial charge in [-0.25, -0.2) is 0 Å². The van der Waals surface area contributed by atoms with Crippen molar-refractivity contribution < 1.29 is 13.2 Å². The molecule has 0 spiro atoms. The van der Waals surface area contributed by atoms with Crippen LogP contribution in [0.2, 0.25) is 0 Å². The van der Waals surface area contributed by atoms with Gasteiger partial charge in [-0.15, -0.1) is 12.4 Å². The first-order chi connectivity index (χ1) is 9.89. The summed E-state index contributed by atoms with van der Waals surface area (Å²) in [5.41, 5.74) is -3.46. The van der Waals surface area contributed by atoms with Gasteiger partial charge in [-0.3, -0.25) is 4.90 Å². The number of alkyl halides is 3. The molecule has 122 valence electrons. The highest BCUT2D eigenvalue weighted by Crippen LogP contribution is 2.38. The van der Waals surface area contributed by atoms with Crippen LogP contribution in [0.25, 0.3) is 0 Å². The Kier molecular flexibility index (Phi) is 6.85. The lowest BCUT2D eigenvalue weighted by molar-refractivity contribution is -0.0328. The van der Waals surface area contributed by atoms with E-state index in [2.05, 4.69) is 15.9 Å². The van der Waals surface area contributed by atoms with E-state index >= 15 is 0 Å². The van der Waals surface area contributed by atoms with Gasteiger partial charge in [-0.2, -0.15) is 18.4 Å². The van der Waals surface area contributed by atoms with Crippen LogP contribution in [0.3, 0.4) is 0 Å². The molecule has 8 heteroatoms. The molecule has 0 aliphatic carbocycles. The minimum atomic E-state index is -4.26. The lowest BCUT2D eigenvalue weighted by Gasteiger charge is -2.37. The van der Waals surface area contributed by atoms with Crippen molar-refractivity contribution in [3.05, 3.63) is 24.3 Å². The van der Waals surface area contributed by atoms with E-state index in [1.165, 1.54) is 6.07 Å². The Morgan fingerprint density at radius 3 is 2.41 bits per heavy atom. The van der Waals surface area contributed by atoms with E-state index in [4.69, 9.17) is 5.26 Å². The van der Waals surface area contributed by atoms with Crippen LogP contribution >= 0.6 is 24.2 Å². The minimum Gasteiger partial charge on any atom is -0.369 e. The van der Waals surface area contributed by atoms with Gasteiger partial charge in [0.2, 0.25) is 0 Å². The van der Waals surface area contributed by atoms with E-state index in [-0.39, 0.29) is 35.1 Å². The molecule has 0 aromatic heterocycles. The summed E-state index contributed by atoms with van der Waals surface area (Å²) in [6.45, 7) is 4.77. The smallest absolute Gasteiger partial charge is 0.369 e. The van der Waals surface area contributed by atoms with Crippen molar-refractivity contribution in [3.8, 4) is 6.07 Å². The van der Waals surface area contributed by atoms with Crippen LogP contribution in [0.4, 0.5) is 18.9 Å². The molecule has 1 aromatic rings. The van der Waals surface area contributed by atoms with Crippen molar-refractivity contribution in [2.75, 3.05) is 31.1 Å². The molecular formula is C14H17ClF3N3S. The number of nitrogens with zero attached hydrogens (tertiary/aromatic N) is 3. The summed E-state index contributed by atoms with van der Waals surface area (Å²) < 4.78 is 37.2. The molecule has 1 saturated heterocycles. The number of thioether (sulfide) groups is 1. The van der Waals surface area contributed by atoms with E-state index in [1.54, 1.807) is 12.1 Å². The maximum Gasteiger partial charge on any atom is 0.446 e. The molecule has 1 aliphatic rings. The average Bonchev–Trinajstić information content (AvgIpc) is 2.45. The van der Waals surface area contributed by atoms with Crippen LogP contribution in [0.15, 0.2) is 29.2 Å². The highest BCUT2D eigenvalue weighted by molar-refractivity contribution is 8.00. The zero-order chi connectivity index (χ0) is 15.5. The molecule has 1 atom stereocenters. The largest absolute Gasteiger partial charge is 0.446 e. The summed E-state index contributed by atoms with van der Waals surface area (Å²) in [6.07, 6.45) is 0. The minimum absolute atomic E-state index is 0. The number of benzene rings is 1. The second kappa shape index (κ2) is 7.95. The SMILES string of the molecule is CC(C#N)N1CCN(c2cccc(SC(F)(F)F)c2)CC1.Cl. The van der Waals surface area contributed by atoms with E-state index in [0.29, 0.717) is 13.1 Å². The molecule has 1 fully saturated rings. The number of nitriles is 1. The fourth-order valence-electron chi connectivity index (χ4n) is 2.33. The van der Waals surface area contributed by atoms with Crippen molar-refractivity contribution in [2.45, 2.75) is 23.4 Å². The molecule has 1 unspecified atom stereocenters. The Balaban J connectivity index is 0.00000242. The van der Waals surface area contributed by atoms with Crippen LogP contribution in [-0.4, -0.2) is 42.6 Å². The van der Waals surface area contributed by atoms with Crippen molar-refractivity contribution in [3.63, 3.8) is 0 Å². The predicted octanol–water partition coefficient (Wildman–Crippen LogP) is 3.75. The highest BCUT2D eigenvalue weighted by Gasteiger charge is 2.29. The lowest BCUT2D eigenvalue weighted by atomic mass is 10.2. The molecule has 0 radical (unpaired) electrons. The molecule has 0 bridgehead atoms. The summed E-state index contributed by atoms with van der Waals surface area (Å²) in [5.74, 6) is 0. The predicted molar refractivity (Wildman–Crippen MR) is 84.5 cm³/mol.